The predicted octanol–water partition coefficient (Wildman–Crippen LogP) is 3.92. The normalized spacial score (nSPS) is 11.5. The van der Waals surface area contributed by atoms with Crippen LogP contribution in [0.25, 0.3) is 6.08 Å². The van der Waals surface area contributed by atoms with Gasteiger partial charge in [0.25, 0.3) is 5.91 Å². The van der Waals surface area contributed by atoms with Crippen LogP contribution in [-0.2, 0) is 16.1 Å². The molecule has 35 heavy (non-hydrogen) atoms. The van der Waals surface area contributed by atoms with E-state index >= 15 is 0 Å². The van der Waals surface area contributed by atoms with E-state index in [2.05, 4.69) is 16.0 Å². The van der Waals surface area contributed by atoms with Crippen molar-refractivity contribution in [2.75, 3.05) is 12.4 Å². The summed E-state index contributed by atoms with van der Waals surface area (Å²) in [5.41, 5.74) is 2.45. The molecule has 180 valence electrons. The van der Waals surface area contributed by atoms with Gasteiger partial charge in [-0.2, -0.15) is 0 Å². The number of amides is 3. The third-order valence-electron chi connectivity index (χ3n) is 5.05. The maximum absolute atomic E-state index is 13.0. The molecule has 0 spiro atoms. The van der Waals surface area contributed by atoms with Crippen LogP contribution in [0.5, 0.6) is 5.75 Å². The summed E-state index contributed by atoms with van der Waals surface area (Å²) in [5.74, 6) is -0.813. The van der Waals surface area contributed by atoms with Gasteiger partial charge in [0.2, 0.25) is 11.8 Å². The Hall–Kier alpha value is -4.46. The Morgan fingerprint density at radius 3 is 2.40 bits per heavy atom. The molecule has 8 heteroatoms. The van der Waals surface area contributed by atoms with E-state index in [9.17, 15) is 18.8 Å². The van der Waals surface area contributed by atoms with E-state index in [0.29, 0.717) is 11.3 Å². The van der Waals surface area contributed by atoms with Gasteiger partial charge in [-0.15, -0.1) is 0 Å². The molecule has 1 unspecified atom stereocenters. The number of anilines is 1. The van der Waals surface area contributed by atoms with Crippen LogP contribution in [0.3, 0.4) is 0 Å². The number of methoxy groups -OCH3 is 1. The van der Waals surface area contributed by atoms with Gasteiger partial charge in [0.1, 0.15) is 17.6 Å². The van der Waals surface area contributed by atoms with Crippen LogP contribution >= 0.6 is 0 Å². The molecule has 0 aliphatic rings. The quantitative estimate of drug-likeness (QED) is 0.409. The molecule has 3 N–H and O–H groups in total. The Morgan fingerprint density at radius 2 is 1.71 bits per heavy atom. The van der Waals surface area contributed by atoms with E-state index < -0.39 is 17.8 Å². The molecule has 0 saturated heterocycles. The van der Waals surface area contributed by atoms with Crippen LogP contribution in [0, 0.1) is 5.82 Å². The van der Waals surface area contributed by atoms with Gasteiger partial charge >= 0.3 is 0 Å². The number of benzene rings is 3. The lowest BCUT2D eigenvalue weighted by atomic mass is 10.1. The summed E-state index contributed by atoms with van der Waals surface area (Å²) in [6, 6.07) is 18.7. The first-order valence-corrected chi connectivity index (χ1v) is 10.9. The van der Waals surface area contributed by atoms with Gasteiger partial charge in [-0.1, -0.05) is 24.3 Å². The topological polar surface area (TPSA) is 96.5 Å². The highest BCUT2D eigenvalue weighted by molar-refractivity contribution is 6.04. The van der Waals surface area contributed by atoms with Gasteiger partial charge in [0.05, 0.1) is 7.11 Å². The summed E-state index contributed by atoms with van der Waals surface area (Å²) in [6.07, 6.45) is 3.00. The molecule has 3 aromatic rings. The molecule has 3 aromatic carbocycles. The summed E-state index contributed by atoms with van der Waals surface area (Å²) in [7, 11) is 1.58. The van der Waals surface area contributed by atoms with E-state index in [1.807, 2.05) is 12.1 Å². The zero-order chi connectivity index (χ0) is 25.2. The monoisotopic (exact) mass is 475 g/mol. The highest BCUT2D eigenvalue weighted by Gasteiger charge is 2.14. The van der Waals surface area contributed by atoms with Crippen molar-refractivity contribution in [3.63, 3.8) is 0 Å². The number of hydrogen-bond acceptors (Lipinski definition) is 4. The summed E-state index contributed by atoms with van der Waals surface area (Å²) in [5, 5.41) is 8.13. The Bertz CT molecular complexity index is 1210. The van der Waals surface area contributed by atoms with E-state index in [1.165, 1.54) is 30.3 Å². The molecule has 3 rings (SSSR count). The minimum Gasteiger partial charge on any atom is -0.497 e. The number of rotatable bonds is 9. The number of carbonyl (C=O) groups excluding carboxylic acids is 3. The molecular formula is C27H26FN3O4. The highest BCUT2D eigenvalue weighted by atomic mass is 19.1. The Kier molecular flexibility index (Phi) is 8.72. The fourth-order valence-electron chi connectivity index (χ4n) is 3.12. The predicted molar refractivity (Wildman–Crippen MR) is 132 cm³/mol. The van der Waals surface area contributed by atoms with Crippen molar-refractivity contribution in [2.24, 2.45) is 0 Å². The first kappa shape index (κ1) is 25.2. The zero-order valence-electron chi connectivity index (χ0n) is 19.4. The van der Waals surface area contributed by atoms with Gasteiger partial charge in [-0.05, 0) is 72.7 Å². The second-order valence-electron chi connectivity index (χ2n) is 7.72. The van der Waals surface area contributed by atoms with E-state index in [4.69, 9.17) is 4.74 Å². The Morgan fingerprint density at radius 1 is 1.00 bits per heavy atom. The van der Waals surface area contributed by atoms with Gasteiger partial charge in [0, 0.05) is 23.9 Å². The number of nitrogens with one attached hydrogen (secondary N) is 3. The molecule has 1 atom stereocenters. The summed E-state index contributed by atoms with van der Waals surface area (Å²) >= 11 is 0. The second-order valence-corrected chi connectivity index (χ2v) is 7.72. The van der Waals surface area contributed by atoms with Crippen molar-refractivity contribution >= 4 is 29.5 Å². The molecule has 0 aliphatic heterocycles. The van der Waals surface area contributed by atoms with Crippen LogP contribution < -0.4 is 20.7 Å². The largest absolute Gasteiger partial charge is 0.497 e. The van der Waals surface area contributed by atoms with Gasteiger partial charge < -0.3 is 20.7 Å². The highest BCUT2D eigenvalue weighted by Crippen LogP contribution is 2.14. The Balaban J connectivity index is 1.48. The minimum atomic E-state index is -0.746. The van der Waals surface area contributed by atoms with Crippen LogP contribution in [0.2, 0.25) is 0 Å². The maximum atomic E-state index is 13.0. The maximum Gasteiger partial charge on any atom is 0.255 e. The lowest BCUT2D eigenvalue weighted by molar-refractivity contribution is -0.126. The summed E-state index contributed by atoms with van der Waals surface area (Å²) in [6.45, 7) is 1.80. The lowest BCUT2D eigenvalue weighted by Gasteiger charge is -2.13. The van der Waals surface area contributed by atoms with E-state index in [0.717, 1.165) is 16.9 Å². The van der Waals surface area contributed by atoms with Crippen molar-refractivity contribution in [3.05, 3.63) is 101 Å². The number of hydrogen-bond donors (Lipinski definition) is 3. The van der Waals surface area contributed by atoms with Crippen molar-refractivity contribution in [2.45, 2.75) is 19.5 Å². The van der Waals surface area contributed by atoms with Gasteiger partial charge in [-0.3, -0.25) is 14.4 Å². The number of halogens is 1. The van der Waals surface area contributed by atoms with Crippen LogP contribution in [-0.4, -0.2) is 30.9 Å². The summed E-state index contributed by atoms with van der Waals surface area (Å²) < 4.78 is 18.1. The molecule has 0 heterocycles. The fraction of sp³-hybridized carbons (Fsp3) is 0.148. The van der Waals surface area contributed by atoms with E-state index in [1.54, 1.807) is 56.5 Å². The fourth-order valence-corrected chi connectivity index (χ4v) is 3.12. The van der Waals surface area contributed by atoms with Gasteiger partial charge in [-0.25, -0.2) is 4.39 Å². The van der Waals surface area contributed by atoms with Crippen molar-refractivity contribution < 1.29 is 23.5 Å². The SMILES string of the molecule is COc1ccc(C=CC(=O)NC(C)C(=O)NCc2cccc(NC(=O)c3ccc(F)cc3)c2)cc1. The standard InChI is InChI=1S/C27H26FN3O4/c1-18(30-25(32)15-8-19-6-13-24(35-2)14-7-19)26(33)29-17-20-4-3-5-23(16-20)31-27(34)21-9-11-22(28)12-10-21/h3-16,18H,17H2,1-2H3,(H,29,33)(H,30,32)(H,31,34). The molecule has 0 radical (unpaired) electrons. The molecule has 7 nitrogen and oxygen atoms in total. The first-order chi connectivity index (χ1) is 16.8. The molecule has 0 fully saturated rings. The smallest absolute Gasteiger partial charge is 0.255 e. The average molecular weight is 476 g/mol. The van der Waals surface area contributed by atoms with Crippen molar-refractivity contribution in [3.8, 4) is 5.75 Å². The third kappa shape index (κ3) is 7.82. The van der Waals surface area contributed by atoms with Gasteiger partial charge in [0.15, 0.2) is 0 Å². The molecule has 3 amide bonds. The lowest BCUT2D eigenvalue weighted by Crippen LogP contribution is -2.44. The molecule has 0 aliphatic carbocycles. The molecule has 0 bridgehead atoms. The molecule has 0 aromatic heterocycles. The Labute approximate surface area is 203 Å². The van der Waals surface area contributed by atoms with Crippen molar-refractivity contribution in [1.82, 2.24) is 10.6 Å². The number of ether oxygens (including phenoxy) is 1. The van der Waals surface area contributed by atoms with Crippen LogP contribution in [0.4, 0.5) is 10.1 Å². The van der Waals surface area contributed by atoms with Crippen LogP contribution in [0.1, 0.15) is 28.4 Å². The average Bonchev–Trinajstić information content (AvgIpc) is 2.87. The summed E-state index contributed by atoms with van der Waals surface area (Å²) in [4.78, 5) is 36.9. The molecular weight excluding hydrogens is 449 g/mol. The minimum absolute atomic E-state index is 0.209. The molecule has 0 saturated carbocycles. The first-order valence-electron chi connectivity index (χ1n) is 10.9. The third-order valence-corrected chi connectivity index (χ3v) is 5.05. The number of carbonyl (C=O) groups is 3. The van der Waals surface area contributed by atoms with Crippen LogP contribution in [0.15, 0.2) is 78.9 Å². The van der Waals surface area contributed by atoms with Crippen molar-refractivity contribution in [1.29, 1.82) is 0 Å². The zero-order valence-corrected chi connectivity index (χ0v) is 19.4. The second kappa shape index (κ2) is 12.1. The van der Waals surface area contributed by atoms with E-state index in [-0.39, 0.29) is 18.4 Å².